The zero-order chi connectivity index (χ0) is 15.1. The Kier molecular flexibility index (Phi) is 8.55. The fraction of sp³-hybridized carbons (Fsp3) is 0.562. The zero-order valence-electron chi connectivity index (χ0n) is 13.5. The van der Waals surface area contributed by atoms with Gasteiger partial charge in [-0.1, -0.05) is 12.1 Å². The monoisotopic (exact) mass is 419 g/mol. The second kappa shape index (κ2) is 9.89. The molecule has 1 unspecified atom stereocenters. The van der Waals surface area contributed by atoms with Crippen molar-refractivity contribution < 1.29 is 9.47 Å². The molecule has 0 aliphatic carbocycles. The van der Waals surface area contributed by atoms with Gasteiger partial charge < -0.3 is 20.1 Å². The van der Waals surface area contributed by atoms with Gasteiger partial charge in [0, 0.05) is 32.3 Å². The molecule has 1 heterocycles. The van der Waals surface area contributed by atoms with Crippen molar-refractivity contribution in [3.8, 4) is 5.75 Å². The van der Waals surface area contributed by atoms with Gasteiger partial charge in [0.1, 0.15) is 5.75 Å². The van der Waals surface area contributed by atoms with E-state index < -0.39 is 0 Å². The van der Waals surface area contributed by atoms with Crippen LogP contribution in [0.1, 0.15) is 24.0 Å². The van der Waals surface area contributed by atoms with Crippen molar-refractivity contribution in [1.82, 2.24) is 10.6 Å². The van der Waals surface area contributed by atoms with Crippen molar-refractivity contribution in [2.75, 3.05) is 27.3 Å². The van der Waals surface area contributed by atoms with Crippen molar-refractivity contribution in [1.29, 1.82) is 0 Å². The van der Waals surface area contributed by atoms with Crippen LogP contribution in [0, 0.1) is 6.92 Å². The van der Waals surface area contributed by atoms with Crippen LogP contribution < -0.4 is 15.4 Å². The predicted octanol–water partition coefficient (Wildman–Crippen LogP) is 2.47. The Morgan fingerprint density at radius 2 is 2.23 bits per heavy atom. The lowest BCUT2D eigenvalue weighted by Gasteiger charge is -2.16. The number of benzene rings is 1. The van der Waals surface area contributed by atoms with E-state index in [9.17, 15) is 0 Å². The molecule has 1 aliphatic rings. The molecule has 124 valence electrons. The van der Waals surface area contributed by atoms with E-state index >= 15 is 0 Å². The molecule has 0 aromatic heterocycles. The molecular weight excluding hydrogens is 393 g/mol. The summed E-state index contributed by atoms with van der Waals surface area (Å²) >= 11 is 0. The maximum Gasteiger partial charge on any atom is 0.191 e. The molecule has 22 heavy (non-hydrogen) atoms. The summed E-state index contributed by atoms with van der Waals surface area (Å²) in [5.74, 6) is 1.69. The first-order chi connectivity index (χ1) is 10.2. The first-order valence-corrected chi connectivity index (χ1v) is 7.42. The lowest BCUT2D eigenvalue weighted by molar-refractivity contribution is 0.114. The van der Waals surface area contributed by atoms with Crippen LogP contribution >= 0.6 is 24.0 Å². The quantitative estimate of drug-likeness (QED) is 0.438. The van der Waals surface area contributed by atoms with Crippen LogP contribution in [0.4, 0.5) is 0 Å². The molecule has 5 nitrogen and oxygen atoms in total. The van der Waals surface area contributed by atoms with Crippen molar-refractivity contribution >= 4 is 29.9 Å². The standard InChI is InChI=1S/C16H25N3O2.HI/c1-12-6-7-13(15(9-12)20-3)10-18-16(17-2)19-11-14-5-4-8-21-14;/h6-7,9,14H,4-5,8,10-11H2,1-3H3,(H2,17,18,19);1H. The summed E-state index contributed by atoms with van der Waals surface area (Å²) in [7, 11) is 3.47. The van der Waals surface area contributed by atoms with E-state index in [0.717, 1.165) is 43.3 Å². The number of aliphatic imine (C=N–C) groups is 1. The third-order valence-corrected chi connectivity index (χ3v) is 3.63. The minimum Gasteiger partial charge on any atom is -0.496 e. The number of nitrogens with one attached hydrogen (secondary N) is 2. The van der Waals surface area contributed by atoms with Gasteiger partial charge in [-0.25, -0.2) is 0 Å². The number of hydrogen-bond acceptors (Lipinski definition) is 3. The minimum atomic E-state index is 0. The SMILES string of the molecule is CN=C(NCc1ccc(C)cc1OC)NCC1CCCO1.I. The summed E-state index contributed by atoms with van der Waals surface area (Å²) < 4.78 is 11.0. The minimum absolute atomic E-state index is 0. The van der Waals surface area contributed by atoms with Gasteiger partial charge >= 0.3 is 0 Å². The molecule has 0 radical (unpaired) electrons. The van der Waals surface area contributed by atoms with Gasteiger partial charge in [-0.15, -0.1) is 24.0 Å². The van der Waals surface area contributed by atoms with Gasteiger partial charge in [-0.05, 0) is 31.4 Å². The molecule has 0 spiro atoms. The third kappa shape index (κ3) is 5.64. The summed E-state index contributed by atoms with van der Waals surface area (Å²) in [6.07, 6.45) is 2.58. The van der Waals surface area contributed by atoms with E-state index in [0.29, 0.717) is 12.6 Å². The van der Waals surface area contributed by atoms with Crippen LogP contribution in [0.15, 0.2) is 23.2 Å². The highest BCUT2D eigenvalue weighted by Gasteiger charge is 2.15. The number of hydrogen-bond donors (Lipinski definition) is 2. The van der Waals surface area contributed by atoms with E-state index in [1.165, 1.54) is 5.56 Å². The number of nitrogens with zero attached hydrogens (tertiary/aromatic N) is 1. The Bertz CT molecular complexity index is 488. The molecule has 2 N–H and O–H groups in total. The van der Waals surface area contributed by atoms with E-state index in [4.69, 9.17) is 9.47 Å². The van der Waals surface area contributed by atoms with Crippen molar-refractivity contribution in [2.24, 2.45) is 4.99 Å². The average Bonchev–Trinajstić information content (AvgIpc) is 3.01. The molecule has 1 aromatic rings. The first kappa shape index (κ1) is 19.0. The maximum absolute atomic E-state index is 5.60. The molecule has 1 saturated heterocycles. The Morgan fingerprint density at radius 3 is 2.86 bits per heavy atom. The van der Waals surface area contributed by atoms with Crippen molar-refractivity contribution in [3.05, 3.63) is 29.3 Å². The Balaban J connectivity index is 0.00000242. The van der Waals surface area contributed by atoms with Crippen LogP contribution in [0.25, 0.3) is 0 Å². The molecule has 2 rings (SSSR count). The summed E-state index contributed by atoms with van der Waals surface area (Å²) in [6, 6.07) is 6.20. The van der Waals surface area contributed by atoms with Crippen molar-refractivity contribution in [3.63, 3.8) is 0 Å². The van der Waals surface area contributed by atoms with Crippen LogP contribution in [-0.4, -0.2) is 39.4 Å². The average molecular weight is 419 g/mol. The smallest absolute Gasteiger partial charge is 0.191 e. The summed E-state index contributed by atoms with van der Waals surface area (Å²) in [5, 5.41) is 6.61. The lowest BCUT2D eigenvalue weighted by Crippen LogP contribution is -2.40. The molecule has 0 bridgehead atoms. The van der Waals surface area contributed by atoms with Gasteiger partial charge in [-0.2, -0.15) is 0 Å². The van der Waals surface area contributed by atoms with Gasteiger partial charge in [0.2, 0.25) is 0 Å². The maximum atomic E-state index is 5.60. The van der Waals surface area contributed by atoms with Crippen molar-refractivity contribution in [2.45, 2.75) is 32.4 Å². The van der Waals surface area contributed by atoms with E-state index in [1.807, 2.05) is 6.07 Å². The van der Waals surface area contributed by atoms with Crippen LogP contribution in [0.3, 0.4) is 0 Å². The number of methoxy groups -OCH3 is 1. The predicted molar refractivity (Wildman–Crippen MR) is 100 cm³/mol. The highest BCUT2D eigenvalue weighted by Crippen LogP contribution is 2.19. The lowest BCUT2D eigenvalue weighted by atomic mass is 10.1. The first-order valence-electron chi connectivity index (χ1n) is 7.42. The van der Waals surface area contributed by atoms with E-state index in [-0.39, 0.29) is 24.0 Å². The number of rotatable bonds is 5. The van der Waals surface area contributed by atoms with E-state index in [1.54, 1.807) is 14.2 Å². The second-order valence-electron chi connectivity index (χ2n) is 5.26. The number of ether oxygens (including phenoxy) is 2. The fourth-order valence-electron chi connectivity index (χ4n) is 2.41. The van der Waals surface area contributed by atoms with E-state index in [2.05, 4.69) is 34.7 Å². The normalized spacial score (nSPS) is 17.8. The molecule has 6 heteroatoms. The summed E-state index contributed by atoms with van der Waals surface area (Å²) in [6.45, 7) is 4.40. The second-order valence-corrected chi connectivity index (χ2v) is 5.26. The molecule has 1 fully saturated rings. The zero-order valence-corrected chi connectivity index (χ0v) is 15.8. The number of guanidine groups is 1. The van der Waals surface area contributed by atoms with Crippen LogP contribution in [0.2, 0.25) is 0 Å². The Morgan fingerprint density at radius 1 is 1.41 bits per heavy atom. The van der Waals surface area contributed by atoms with Gasteiger partial charge in [0.05, 0.1) is 13.2 Å². The van der Waals surface area contributed by atoms with Gasteiger partial charge in [-0.3, -0.25) is 4.99 Å². The molecule has 1 aliphatic heterocycles. The van der Waals surface area contributed by atoms with Crippen LogP contribution in [-0.2, 0) is 11.3 Å². The number of halogens is 1. The summed E-state index contributed by atoms with van der Waals surface area (Å²) in [4.78, 5) is 4.24. The topological polar surface area (TPSA) is 54.9 Å². The highest BCUT2D eigenvalue weighted by atomic mass is 127. The number of aryl methyl sites for hydroxylation is 1. The molecule has 0 amide bonds. The molecule has 1 atom stereocenters. The van der Waals surface area contributed by atoms with Gasteiger partial charge in [0.25, 0.3) is 0 Å². The molecule has 1 aromatic carbocycles. The summed E-state index contributed by atoms with van der Waals surface area (Å²) in [5.41, 5.74) is 2.31. The third-order valence-electron chi connectivity index (χ3n) is 3.63. The molecular formula is C16H26IN3O2. The Hall–Kier alpha value is -1.02. The Labute approximate surface area is 149 Å². The van der Waals surface area contributed by atoms with Crippen LogP contribution in [0.5, 0.6) is 5.75 Å². The van der Waals surface area contributed by atoms with Gasteiger partial charge in [0.15, 0.2) is 5.96 Å². The fourth-order valence-corrected chi connectivity index (χ4v) is 2.41. The molecule has 0 saturated carbocycles. The highest BCUT2D eigenvalue weighted by molar-refractivity contribution is 14.0. The largest absolute Gasteiger partial charge is 0.496 e.